The first-order chi connectivity index (χ1) is 9.59. The number of ether oxygens (including phenoxy) is 1. The lowest BCUT2D eigenvalue weighted by Crippen LogP contribution is -2.41. The SMILES string of the molecule is O=S(=O)(c1nc(Br)cc2c1CCCC2)N1CCOCC1. The Kier molecular flexibility index (Phi) is 4.12. The van der Waals surface area contributed by atoms with E-state index < -0.39 is 10.0 Å². The van der Waals surface area contributed by atoms with E-state index in [1.165, 1.54) is 4.31 Å². The van der Waals surface area contributed by atoms with E-state index in [9.17, 15) is 8.42 Å². The summed E-state index contributed by atoms with van der Waals surface area (Å²) < 4.78 is 32.9. The summed E-state index contributed by atoms with van der Waals surface area (Å²) in [5.74, 6) is 0. The number of morpholine rings is 1. The fraction of sp³-hybridized carbons (Fsp3) is 0.615. The van der Waals surface area contributed by atoms with Gasteiger partial charge in [0, 0.05) is 13.1 Å². The highest BCUT2D eigenvalue weighted by Crippen LogP contribution is 2.30. The normalized spacial score (nSPS) is 20.6. The summed E-state index contributed by atoms with van der Waals surface area (Å²) in [6, 6.07) is 1.95. The van der Waals surface area contributed by atoms with E-state index in [1.54, 1.807) is 0 Å². The molecule has 0 radical (unpaired) electrons. The lowest BCUT2D eigenvalue weighted by atomic mass is 9.94. The Morgan fingerprint density at radius 2 is 1.90 bits per heavy atom. The standard InChI is InChI=1S/C13H17BrN2O3S/c14-12-9-10-3-1-2-4-11(10)13(15-12)20(17,18)16-5-7-19-8-6-16/h9H,1-8H2. The van der Waals surface area contributed by atoms with Crippen LogP contribution in [0.2, 0.25) is 0 Å². The molecule has 0 N–H and O–H groups in total. The molecule has 1 saturated heterocycles. The molecule has 1 aromatic rings. The summed E-state index contributed by atoms with van der Waals surface area (Å²) in [4.78, 5) is 4.28. The lowest BCUT2D eigenvalue weighted by molar-refractivity contribution is 0.0729. The van der Waals surface area contributed by atoms with Crippen LogP contribution in [0.3, 0.4) is 0 Å². The first-order valence-corrected chi connectivity index (χ1v) is 9.08. The Hall–Kier alpha value is -0.500. The van der Waals surface area contributed by atoms with Crippen molar-refractivity contribution in [2.45, 2.75) is 30.7 Å². The fourth-order valence-electron chi connectivity index (χ4n) is 2.80. The van der Waals surface area contributed by atoms with Gasteiger partial charge in [-0.3, -0.25) is 0 Å². The first kappa shape index (κ1) is 14.4. The van der Waals surface area contributed by atoms with E-state index in [1.807, 2.05) is 6.07 Å². The number of aryl methyl sites for hydroxylation is 1. The van der Waals surface area contributed by atoms with Crippen molar-refractivity contribution in [3.05, 3.63) is 21.8 Å². The van der Waals surface area contributed by atoms with E-state index in [-0.39, 0.29) is 5.03 Å². The quantitative estimate of drug-likeness (QED) is 0.753. The zero-order chi connectivity index (χ0) is 14.2. The molecule has 1 aliphatic heterocycles. The van der Waals surface area contributed by atoms with Gasteiger partial charge in [0.15, 0.2) is 5.03 Å². The van der Waals surface area contributed by atoms with E-state index in [0.29, 0.717) is 30.9 Å². The number of sulfonamides is 1. The molecule has 0 bridgehead atoms. The van der Waals surface area contributed by atoms with Crippen LogP contribution in [0.25, 0.3) is 0 Å². The van der Waals surface area contributed by atoms with Crippen LogP contribution in [0.5, 0.6) is 0 Å². The molecule has 3 rings (SSSR count). The molecule has 0 spiro atoms. The molecule has 2 aliphatic rings. The van der Waals surface area contributed by atoms with Gasteiger partial charge in [0.05, 0.1) is 13.2 Å². The monoisotopic (exact) mass is 360 g/mol. The molecule has 1 aliphatic carbocycles. The number of hydrogen-bond acceptors (Lipinski definition) is 4. The fourth-order valence-corrected chi connectivity index (χ4v) is 5.00. The van der Waals surface area contributed by atoms with Gasteiger partial charge in [-0.1, -0.05) is 0 Å². The van der Waals surface area contributed by atoms with Gasteiger partial charge in [-0.25, -0.2) is 13.4 Å². The topological polar surface area (TPSA) is 59.5 Å². The molecule has 1 aromatic heterocycles. The Morgan fingerprint density at radius 3 is 2.65 bits per heavy atom. The first-order valence-electron chi connectivity index (χ1n) is 6.85. The van der Waals surface area contributed by atoms with Crippen molar-refractivity contribution in [2.75, 3.05) is 26.3 Å². The number of nitrogens with zero attached hydrogens (tertiary/aromatic N) is 2. The van der Waals surface area contributed by atoms with E-state index in [2.05, 4.69) is 20.9 Å². The summed E-state index contributed by atoms with van der Waals surface area (Å²) in [7, 11) is -3.51. The van der Waals surface area contributed by atoms with Crippen molar-refractivity contribution in [3.63, 3.8) is 0 Å². The van der Waals surface area contributed by atoms with Crippen LogP contribution >= 0.6 is 15.9 Å². The van der Waals surface area contributed by atoms with Crippen molar-refractivity contribution >= 4 is 26.0 Å². The Morgan fingerprint density at radius 1 is 1.20 bits per heavy atom. The Balaban J connectivity index is 2.06. The minimum absolute atomic E-state index is 0.239. The van der Waals surface area contributed by atoms with Crippen LogP contribution in [0.1, 0.15) is 24.0 Å². The van der Waals surface area contributed by atoms with Gasteiger partial charge in [-0.15, -0.1) is 0 Å². The average molecular weight is 361 g/mol. The number of fused-ring (bicyclic) bond motifs is 1. The van der Waals surface area contributed by atoms with Crippen molar-refractivity contribution in [3.8, 4) is 0 Å². The predicted molar refractivity (Wildman–Crippen MR) is 78.2 cm³/mol. The Bertz CT molecular complexity index is 612. The second-order valence-corrected chi connectivity index (χ2v) is 7.78. The number of halogens is 1. The molecule has 0 aromatic carbocycles. The van der Waals surface area contributed by atoms with Crippen LogP contribution in [-0.2, 0) is 27.6 Å². The molecular formula is C13H17BrN2O3S. The molecule has 0 unspecified atom stereocenters. The zero-order valence-corrected chi connectivity index (χ0v) is 13.5. The van der Waals surface area contributed by atoms with Crippen LogP contribution < -0.4 is 0 Å². The smallest absolute Gasteiger partial charge is 0.261 e. The maximum absolute atomic E-state index is 12.8. The van der Waals surface area contributed by atoms with Crippen molar-refractivity contribution in [1.29, 1.82) is 0 Å². The van der Waals surface area contributed by atoms with Crippen molar-refractivity contribution in [1.82, 2.24) is 9.29 Å². The number of pyridine rings is 1. The molecule has 20 heavy (non-hydrogen) atoms. The van der Waals surface area contributed by atoms with Gasteiger partial charge in [0.1, 0.15) is 4.60 Å². The van der Waals surface area contributed by atoms with E-state index in [4.69, 9.17) is 4.74 Å². The lowest BCUT2D eigenvalue weighted by Gasteiger charge is -2.27. The third-order valence-electron chi connectivity index (χ3n) is 3.82. The average Bonchev–Trinajstić information content (AvgIpc) is 2.47. The molecule has 0 atom stereocenters. The molecule has 0 saturated carbocycles. The van der Waals surface area contributed by atoms with E-state index >= 15 is 0 Å². The van der Waals surface area contributed by atoms with Crippen LogP contribution in [0.15, 0.2) is 15.7 Å². The molecule has 2 heterocycles. The molecular weight excluding hydrogens is 344 g/mol. The van der Waals surface area contributed by atoms with Gasteiger partial charge in [-0.05, 0) is 58.8 Å². The summed E-state index contributed by atoms with van der Waals surface area (Å²) in [6.45, 7) is 1.72. The molecule has 0 amide bonds. The van der Waals surface area contributed by atoms with Crippen molar-refractivity contribution < 1.29 is 13.2 Å². The highest BCUT2D eigenvalue weighted by Gasteiger charge is 2.31. The van der Waals surface area contributed by atoms with Gasteiger partial charge in [0.2, 0.25) is 0 Å². The Labute approximate surface area is 127 Å². The maximum atomic E-state index is 12.8. The summed E-state index contributed by atoms with van der Waals surface area (Å²) in [5, 5.41) is 0.239. The summed E-state index contributed by atoms with van der Waals surface area (Å²) in [6.07, 6.45) is 3.87. The minimum atomic E-state index is -3.51. The predicted octanol–water partition coefficient (Wildman–Crippen LogP) is 1.74. The highest BCUT2D eigenvalue weighted by molar-refractivity contribution is 9.10. The van der Waals surface area contributed by atoms with Gasteiger partial charge in [0.25, 0.3) is 10.0 Å². The maximum Gasteiger partial charge on any atom is 0.261 e. The van der Waals surface area contributed by atoms with Crippen LogP contribution in [-0.4, -0.2) is 44.0 Å². The molecule has 7 heteroatoms. The second-order valence-electron chi connectivity index (χ2n) is 5.11. The largest absolute Gasteiger partial charge is 0.379 e. The third kappa shape index (κ3) is 2.64. The second kappa shape index (κ2) is 5.71. The molecule has 1 fully saturated rings. The van der Waals surface area contributed by atoms with Gasteiger partial charge in [-0.2, -0.15) is 4.31 Å². The van der Waals surface area contributed by atoms with Crippen LogP contribution in [0.4, 0.5) is 0 Å². The van der Waals surface area contributed by atoms with E-state index in [0.717, 1.165) is 36.8 Å². The van der Waals surface area contributed by atoms with Gasteiger partial charge < -0.3 is 4.74 Å². The van der Waals surface area contributed by atoms with Gasteiger partial charge >= 0.3 is 0 Å². The number of aromatic nitrogens is 1. The minimum Gasteiger partial charge on any atom is -0.379 e. The molecule has 110 valence electrons. The van der Waals surface area contributed by atoms with Crippen molar-refractivity contribution in [2.24, 2.45) is 0 Å². The number of hydrogen-bond donors (Lipinski definition) is 0. The molecule has 5 nitrogen and oxygen atoms in total. The zero-order valence-electron chi connectivity index (χ0n) is 11.1. The third-order valence-corrected chi connectivity index (χ3v) is 6.10. The summed E-state index contributed by atoms with van der Waals surface area (Å²) >= 11 is 3.34. The summed E-state index contributed by atoms with van der Waals surface area (Å²) in [5.41, 5.74) is 2.02. The number of rotatable bonds is 2. The highest BCUT2D eigenvalue weighted by atomic mass is 79.9. The van der Waals surface area contributed by atoms with Crippen LogP contribution in [0, 0.1) is 0 Å².